The van der Waals surface area contributed by atoms with E-state index in [0.29, 0.717) is 12.0 Å². The molecule has 1 fully saturated rings. The lowest BCUT2D eigenvalue weighted by Gasteiger charge is -2.39. The van der Waals surface area contributed by atoms with Gasteiger partial charge < -0.3 is 10.2 Å². The predicted molar refractivity (Wildman–Crippen MR) is 77.2 cm³/mol. The highest BCUT2D eigenvalue weighted by Gasteiger charge is 2.27. The second-order valence-corrected chi connectivity index (χ2v) is 5.95. The first-order valence-corrected chi connectivity index (χ1v) is 7.67. The Bertz CT molecular complexity index is 377. The first kappa shape index (κ1) is 13.4. The third-order valence-corrected chi connectivity index (χ3v) is 4.18. The minimum absolute atomic E-state index is 0.0856. The Kier molecular flexibility index (Phi) is 4.64. The van der Waals surface area contributed by atoms with Crippen LogP contribution in [0.3, 0.4) is 0 Å². The molecule has 2 heterocycles. The van der Waals surface area contributed by atoms with Crippen LogP contribution < -0.4 is 10.2 Å². The molecule has 18 heavy (non-hydrogen) atoms. The standard InChI is InChI=1S/C14H22N2OS/c1-3-4-12-7-13(15-11(2)17)9-16(8-12)14-5-6-18-10-14/h5-6,10,12-13H,3-4,7-9H2,1-2H3,(H,15,17). The maximum atomic E-state index is 11.2. The molecule has 0 aliphatic carbocycles. The molecule has 0 spiro atoms. The Morgan fingerprint density at radius 2 is 2.39 bits per heavy atom. The van der Waals surface area contributed by atoms with Crippen LogP contribution in [0.25, 0.3) is 0 Å². The van der Waals surface area contributed by atoms with Gasteiger partial charge in [-0.15, -0.1) is 0 Å². The van der Waals surface area contributed by atoms with E-state index in [2.05, 4.69) is 34.0 Å². The minimum atomic E-state index is 0.0856. The average molecular weight is 266 g/mol. The van der Waals surface area contributed by atoms with Gasteiger partial charge >= 0.3 is 0 Å². The number of amides is 1. The molecule has 0 radical (unpaired) electrons. The Labute approximate surface area is 113 Å². The summed E-state index contributed by atoms with van der Waals surface area (Å²) in [7, 11) is 0. The molecular formula is C14H22N2OS. The SMILES string of the molecule is CCCC1CC(NC(C)=O)CN(c2ccsc2)C1. The van der Waals surface area contributed by atoms with Crippen molar-refractivity contribution in [1.82, 2.24) is 5.32 Å². The Morgan fingerprint density at radius 3 is 3.00 bits per heavy atom. The van der Waals surface area contributed by atoms with E-state index in [-0.39, 0.29) is 5.91 Å². The summed E-state index contributed by atoms with van der Waals surface area (Å²) in [5.74, 6) is 0.780. The normalized spacial score (nSPS) is 24.0. The average Bonchev–Trinajstić information content (AvgIpc) is 2.81. The lowest BCUT2D eigenvalue weighted by atomic mass is 9.90. The van der Waals surface area contributed by atoms with E-state index in [9.17, 15) is 4.79 Å². The zero-order valence-corrected chi connectivity index (χ0v) is 12.0. The highest BCUT2D eigenvalue weighted by Crippen LogP contribution is 2.27. The Hall–Kier alpha value is -1.03. The molecule has 1 aromatic rings. The number of piperidine rings is 1. The van der Waals surface area contributed by atoms with Gasteiger partial charge in [0, 0.05) is 37.1 Å². The monoisotopic (exact) mass is 266 g/mol. The van der Waals surface area contributed by atoms with Crippen molar-refractivity contribution >= 4 is 22.9 Å². The van der Waals surface area contributed by atoms with E-state index in [1.165, 1.54) is 18.5 Å². The summed E-state index contributed by atoms with van der Waals surface area (Å²) in [5.41, 5.74) is 1.30. The summed E-state index contributed by atoms with van der Waals surface area (Å²) in [6.07, 6.45) is 3.58. The van der Waals surface area contributed by atoms with Crippen LogP contribution in [0.1, 0.15) is 33.1 Å². The highest BCUT2D eigenvalue weighted by molar-refractivity contribution is 7.08. The molecular weight excluding hydrogens is 244 g/mol. The molecule has 1 amide bonds. The minimum Gasteiger partial charge on any atom is -0.369 e. The lowest BCUT2D eigenvalue weighted by molar-refractivity contribution is -0.119. The van der Waals surface area contributed by atoms with Gasteiger partial charge in [0.2, 0.25) is 5.91 Å². The third-order valence-electron chi connectivity index (χ3n) is 3.51. The van der Waals surface area contributed by atoms with Gasteiger partial charge in [0.25, 0.3) is 0 Å². The van der Waals surface area contributed by atoms with Crippen LogP contribution in [0.2, 0.25) is 0 Å². The molecule has 3 nitrogen and oxygen atoms in total. The molecule has 0 aromatic carbocycles. The molecule has 2 atom stereocenters. The van der Waals surface area contributed by atoms with Crippen LogP contribution >= 0.6 is 11.3 Å². The fraction of sp³-hybridized carbons (Fsp3) is 0.643. The van der Waals surface area contributed by atoms with E-state index in [1.807, 2.05) is 0 Å². The summed E-state index contributed by atoms with van der Waals surface area (Å²) >= 11 is 1.73. The Morgan fingerprint density at radius 1 is 1.56 bits per heavy atom. The topological polar surface area (TPSA) is 32.3 Å². The Balaban J connectivity index is 2.04. The molecule has 1 aliphatic heterocycles. The summed E-state index contributed by atoms with van der Waals surface area (Å²) < 4.78 is 0. The van der Waals surface area contributed by atoms with Crippen molar-refractivity contribution in [3.05, 3.63) is 16.8 Å². The number of thiophene rings is 1. The fourth-order valence-corrected chi connectivity index (χ4v) is 3.52. The number of nitrogens with zero attached hydrogens (tertiary/aromatic N) is 1. The zero-order chi connectivity index (χ0) is 13.0. The van der Waals surface area contributed by atoms with Crippen LogP contribution in [0, 0.1) is 5.92 Å². The van der Waals surface area contributed by atoms with E-state index >= 15 is 0 Å². The zero-order valence-electron chi connectivity index (χ0n) is 11.2. The maximum absolute atomic E-state index is 11.2. The summed E-state index contributed by atoms with van der Waals surface area (Å²) in [6.45, 7) is 5.91. The van der Waals surface area contributed by atoms with Crippen LogP contribution in [0.5, 0.6) is 0 Å². The van der Waals surface area contributed by atoms with Crippen LogP contribution in [0.15, 0.2) is 16.8 Å². The fourth-order valence-electron chi connectivity index (χ4n) is 2.86. The molecule has 100 valence electrons. The van der Waals surface area contributed by atoms with Gasteiger partial charge in [0.15, 0.2) is 0 Å². The number of carbonyl (C=O) groups excluding carboxylic acids is 1. The van der Waals surface area contributed by atoms with Crippen molar-refractivity contribution in [1.29, 1.82) is 0 Å². The smallest absolute Gasteiger partial charge is 0.217 e. The van der Waals surface area contributed by atoms with Crippen molar-refractivity contribution in [2.45, 2.75) is 39.2 Å². The van der Waals surface area contributed by atoms with E-state index < -0.39 is 0 Å². The van der Waals surface area contributed by atoms with Gasteiger partial charge in [0.1, 0.15) is 0 Å². The number of anilines is 1. The molecule has 2 unspecified atom stereocenters. The van der Waals surface area contributed by atoms with Crippen molar-refractivity contribution in [3.8, 4) is 0 Å². The molecule has 2 rings (SSSR count). The highest BCUT2D eigenvalue weighted by atomic mass is 32.1. The lowest BCUT2D eigenvalue weighted by Crippen LogP contribution is -2.50. The maximum Gasteiger partial charge on any atom is 0.217 e. The van der Waals surface area contributed by atoms with Crippen molar-refractivity contribution < 1.29 is 4.79 Å². The largest absolute Gasteiger partial charge is 0.369 e. The second kappa shape index (κ2) is 6.23. The molecule has 1 aromatic heterocycles. The van der Waals surface area contributed by atoms with E-state index in [4.69, 9.17) is 0 Å². The van der Waals surface area contributed by atoms with Gasteiger partial charge in [0.05, 0.1) is 0 Å². The van der Waals surface area contributed by atoms with Crippen LogP contribution in [-0.4, -0.2) is 25.0 Å². The number of rotatable bonds is 4. The quantitative estimate of drug-likeness (QED) is 0.909. The van der Waals surface area contributed by atoms with Gasteiger partial charge in [-0.05, 0) is 30.2 Å². The molecule has 1 N–H and O–H groups in total. The van der Waals surface area contributed by atoms with Crippen molar-refractivity contribution in [2.75, 3.05) is 18.0 Å². The summed E-state index contributed by atoms with van der Waals surface area (Å²) in [6, 6.07) is 2.47. The first-order valence-electron chi connectivity index (χ1n) is 6.73. The summed E-state index contributed by atoms with van der Waals surface area (Å²) in [5, 5.41) is 7.40. The van der Waals surface area contributed by atoms with Gasteiger partial charge in [-0.2, -0.15) is 11.3 Å². The third kappa shape index (κ3) is 3.48. The van der Waals surface area contributed by atoms with Crippen LogP contribution in [0.4, 0.5) is 5.69 Å². The number of hydrogen-bond donors (Lipinski definition) is 1. The van der Waals surface area contributed by atoms with Gasteiger partial charge in [-0.1, -0.05) is 13.3 Å². The number of hydrogen-bond acceptors (Lipinski definition) is 3. The first-order chi connectivity index (χ1) is 8.69. The molecule has 1 aliphatic rings. The van der Waals surface area contributed by atoms with Gasteiger partial charge in [-0.3, -0.25) is 4.79 Å². The molecule has 4 heteroatoms. The predicted octanol–water partition coefficient (Wildman–Crippen LogP) is 2.88. The summed E-state index contributed by atoms with van der Waals surface area (Å²) in [4.78, 5) is 13.7. The van der Waals surface area contributed by atoms with E-state index in [1.54, 1.807) is 18.3 Å². The van der Waals surface area contributed by atoms with Crippen LogP contribution in [-0.2, 0) is 4.79 Å². The second-order valence-electron chi connectivity index (χ2n) is 5.17. The molecule has 0 bridgehead atoms. The number of carbonyl (C=O) groups is 1. The van der Waals surface area contributed by atoms with Gasteiger partial charge in [-0.25, -0.2) is 0 Å². The molecule has 0 saturated carbocycles. The van der Waals surface area contributed by atoms with Crippen molar-refractivity contribution in [3.63, 3.8) is 0 Å². The molecule has 1 saturated heterocycles. The number of nitrogens with one attached hydrogen (secondary N) is 1. The van der Waals surface area contributed by atoms with E-state index in [0.717, 1.165) is 19.5 Å². The van der Waals surface area contributed by atoms with Crippen molar-refractivity contribution in [2.24, 2.45) is 5.92 Å².